The van der Waals surface area contributed by atoms with E-state index in [1.165, 1.54) is 43.3 Å². The maximum Gasteiger partial charge on any atom is 0.326 e. The zero-order valence-corrected chi connectivity index (χ0v) is 14.8. The number of esters is 2. The molecule has 2 amide bonds. The van der Waals surface area contributed by atoms with Gasteiger partial charge in [-0.15, -0.1) is 0 Å². The number of carbonyl (C=O) groups excluding carboxylic acids is 5. The van der Waals surface area contributed by atoms with Gasteiger partial charge in [0.05, 0.1) is 11.1 Å². The first kappa shape index (κ1) is 19.0. The zero-order chi connectivity index (χ0) is 20.3. The summed E-state index contributed by atoms with van der Waals surface area (Å²) in [6, 6.07) is 12.0. The quantitative estimate of drug-likeness (QED) is 0.324. The number of benzene rings is 2. The van der Waals surface area contributed by atoms with E-state index in [1.54, 1.807) is 12.1 Å². The number of carbonyl (C=O) groups is 5. The van der Waals surface area contributed by atoms with E-state index in [-0.39, 0.29) is 22.4 Å². The molecule has 3 rings (SSSR count). The average Bonchev–Trinajstić information content (AvgIpc) is 2.91. The third kappa shape index (κ3) is 3.96. The van der Waals surface area contributed by atoms with Gasteiger partial charge in [0, 0.05) is 12.5 Å². The highest BCUT2D eigenvalue weighted by Crippen LogP contribution is 2.22. The molecule has 0 atom stereocenters. The van der Waals surface area contributed by atoms with Gasteiger partial charge in [0.15, 0.2) is 12.4 Å². The molecule has 1 aliphatic heterocycles. The lowest BCUT2D eigenvalue weighted by Gasteiger charge is -2.12. The Morgan fingerprint density at radius 1 is 0.893 bits per heavy atom. The molecule has 2 aromatic carbocycles. The lowest BCUT2D eigenvalue weighted by Crippen LogP contribution is -2.36. The zero-order valence-electron chi connectivity index (χ0n) is 14.8. The third-order valence-corrected chi connectivity index (χ3v) is 3.97. The minimum Gasteiger partial charge on any atom is -0.456 e. The maximum atomic E-state index is 12.2. The van der Waals surface area contributed by atoms with Gasteiger partial charge in [-0.05, 0) is 36.4 Å². The molecule has 0 saturated carbocycles. The van der Waals surface area contributed by atoms with Gasteiger partial charge in [-0.2, -0.15) is 0 Å². The van der Waals surface area contributed by atoms with Crippen LogP contribution < -0.4 is 4.74 Å². The number of hydrogen-bond donors (Lipinski definition) is 0. The van der Waals surface area contributed by atoms with Gasteiger partial charge in [0.1, 0.15) is 12.3 Å². The van der Waals surface area contributed by atoms with Crippen LogP contribution in [0.15, 0.2) is 48.5 Å². The van der Waals surface area contributed by atoms with Crippen LogP contribution in [0.4, 0.5) is 0 Å². The van der Waals surface area contributed by atoms with Crippen molar-refractivity contribution >= 4 is 29.5 Å². The SMILES string of the molecule is CC(=O)Oc1ccc(C(=O)COC(=O)CN2C(=O)c3ccccc3C2=O)cc1. The molecule has 0 aliphatic carbocycles. The number of fused-ring (bicyclic) bond motifs is 1. The van der Waals surface area contributed by atoms with Crippen LogP contribution in [0.2, 0.25) is 0 Å². The van der Waals surface area contributed by atoms with E-state index in [4.69, 9.17) is 9.47 Å². The molecule has 0 spiro atoms. The predicted octanol–water partition coefficient (Wildman–Crippen LogP) is 1.63. The lowest BCUT2D eigenvalue weighted by molar-refractivity contribution is -0.142. The van der Waals surface area contributed by atoms with Crippen molar-refractivity contribution in [1.29, 1.82) is 0 Å². The summed E-state index contributed by atoms with van der Waals surface area (Å²) in [4.78, 5) is 60.1. The fraction of sp³-hybridized carbons (Fsp3) is 0.150. The molecule has 8 nitrogen and oxygen atoms in total. The molecule has 1 heterocycles. The topological polar surface area (TPSA) is 107 Å². The summed E-state index contributed by atoms with van der Waals surface area (Å²) < 4.78 is 9.75. The first-order valence-electron chi connectivity index (χ1n) is 8.29. The highest BCUT2D eigenvalue weighted by molar-refractivity contribution is 6.22. The van der Waals surface area contributed by atoms with Crippen molar-refractivity contribution in [3.05, 3.63) is 65.2 Å². The highest BCUT2D eigenvalue weighted by atomic mass is 16.5. The molecule has 142 valence electrons. The Kier molecular flexibility index (Phi) is 5.30. The number of nitrogens with zero attached hydrogens (tertiary/aromatic N) is 1. The van der Waals surface area contributed by atoms with E-state index in [9.17, 15) is 24.0 Å². The van der Waals surface area contributed by atoms with Crippen molar-refractivity contribution < 1.29 is 33.4 Å². The maximum absolute atomic E-state index is 12.2. The van der Waals surface area contributed by atoms with Crippen molar-refractivity contribution in [3.63, 3.8) is 0 Å². The number of amides is 2. The normalized spacial score (nSPS) is 12.5. The van der Waals surface area contributed by atoms with Gasteiger partial charge in [-0.25, -0.2) is 0 Å². The summed E-state index contributed by atoms with van der Waals surface area (Å²) in [5, 5.41) is 0. The highest BCUT2D eigenvalue weighted by Gasteiger charge is 2.36. The Labute approximate surface area is 159 Å². The third-order valence-electron chi connectivity index (χ3n) is 3.97. The Morgan fingerprint density at radius 3 is 2.00 bits per heavy atom. The average molecular weight is 381 g/mol. The molecular formula is C20H15NO7. The van der Waals surface area contributed by atoms with E-state index in [2.05, 4.69) is 0 Å². The van der Waals surface area contributed by atoms with Crippen LogP contribution in [-0.4, -0.2) is 47.6 Å². The summed E-state index contributed by atoms with van der Waals surface area (Å²) in [5.74, 6) is -2.72. The molecule has 28 heavy (non-hydrogen) atoms. The van der Waals surface area contributed by atoms with E-state index >= 15 is 0 Å². The molecule has 8 heteroatoms. The summed E-state index contributed by atoms with van der Waals surface area (Å²) in [7, 11) is 0. The monoisotopic (exact) mass is 381 g/mol. The van der Waals surface area contributed by atoms with Crippen LogP contribution in [-0.2, 0) is 14.3 Å². The second-order valence-electron chi connectivity index (χ2n) is 5.94. The van der Waals surface area contributed by atoms with Gasteiger partial charge < -0.3 is 9.47 Å². The van der Waals surface area contributed by atoms with Crippen LogP contribution >= 0.6 is 0 Å². The van der Waals surface area contributed by atoms with Crippen molar-refractivity contribution in [2.75, 3.05) is 13.2 Å². The second-order valence-corrected chi connectivity index (χ2v) is 5.94. The number of hydrogen-bond acceptors (Lipinski definition) is 7. The van der Waals surface area contributed by atoms with E-state index in [1.807, 2.05) is 0 Å². The van der Waals surface area contributed by atoms with Gasteiger partial charge in [0.2, 0.25) is 0 Å². The molecule has 0 bridgehead atoms. The number of ketones is 1. The fourth-order valence-corrected chi connectivity index (χ4v) is 2.66. The van der Waals surface area contributed by atoms with E-state index in [0.29, 0.717) is 0 Å². The Hall–Kier alpha value is -3.81. The van der Waals surface area contributed by atoms with Crippen LogP contribution in [0, 0.1) is 0 Å². The van der Waals surface area contributed by atoms with Crippen molar-refractivity contribution in [2.24, 2.45) is 0 Å². The summed E-state index contributed by atoms with van der Waals surface area (Å²) in [6.07, 6.45) is 0. The van der Waals surface area contributed by atoms with Crippen molar-refractivity contribution in [2.45, 2.75) is 6.92 Å². The fourth-order valence-electron chi connectivity index (χ4n) is 2.66. The van der Waals surface area contributed by atoms with E-state index < -0.39 is 42.7 Å². The Bertz CT molecular complexity index is 943. The standard InChI is InChI=1S/C20H15NO7/c1-12(22)28-14-8-6-13(7-9-14)17(23)11-27-18(24)10-21-19(25)15-4-2-3-5-16(15)20(21)26/h2-9H,10-11H2,1H3. The van der Waals surface area contributed by atoms with Crippen LogP contribution in [0.3, 0.4) is 0 Å². The molecular weight excluding hydrogens is 366 g/mol. The summed E-state index contributed by atoms with van der Waals surface area (Å²) in [5.41, 5.74) is 0.706. The van der Waals surface area contributed by atoms with Crippen molar-refractivity contribution in [3.8, 4) is 5.75 Å². The molecule has 0 fully saturated rings. The van der Waals surface area contributed by atoms with Crippen LogP contribution in [0.5, 0.6) is 5.75 Å². The molecule has 0 radical (unpaired) electrons. The molecule has 0 unspecified atom stereocenters. The molecule has 0 N–H and O–H groups in total. The van der Waals surface area contributed by atoms with Crippen LogP contribution in [0.1, 0.15) is 38.0 Å². The number of imide groups is 1. The van der Waals surface area contributed by atoms with Gasteiger partial charge in [-0.3, -0.25) is 28.9 Å². The molecule has 1 aliphatic rings. The molecule has 0 aromatic heterocycles. The number of ether oxygens (including phenoxy) is 2. The van der Waals surface area contributed by atoms with Gasteiger partial charge >= 0.3 is 11.9 Å². The summed E-state index contributed by atoms with van der Waals surface area (Å²) >= 11 is 0. The smallest absolute Gasteiger partial charge is 0.326 e. The minimum atomic E-state index is -0.876. The number of Topliss-reactive ketones (excluding diaryl/α,β-unsaturated/α-hetero) is 1. The van der Waals surface area contributed by atoms with Gasteiger partial charge in [0.25, 0.3) is 11.8 Å². The predicted molar refractivity (Wildman–Crippen MR) is 94.8 cm³/mol. The van der Waals surface area contributed by atoms with E-state index in [0.717, 1.165) is 4.90 Å². The van der Waals surface area contributed by atoms with Crippen LogP contribution in [0.25, 0.3) is 0 Å². The summed E-state index contributed by atoms with van der Waals surface area (Å²) in [6.45, 7) is 0.132. The van der Waals surface area contributed by atoms with Gasteiger partial charge in [-0.1, -0.05) is 12.1 Å². The van der Waals surface area contributed by atoms with Crippen molar-refractivity contribution in [1.82, 2.24) is 4.90 Å². The Morgan fingerprint density at radius 2 is 1.46 bits per heavy atom. The largest absolute Gasteiger partial charge is 0.456 e. The second kappa shape index (κ2) is 7.83. The Balaban J connectivity index is 1.55. The molecule has 0 saturated heterocycles. The minimum absolute atomic E-state index is 0.226. The number of rotatable bonds is 6. The first-order valence-corrected chi connectivity index (χ1v) is 8.29. The molecule has 2 aromatic rings. The first-order chi connectivity index (χ1) is 13.4. The lowest BCUT2D eigenvalue weighted by atomic mass is 10.1.